The summed E-state index contributed by atoms with van der Waals surface area (Å²) in [6.45, 7) is 0. The predicted molar refractivity (Wildman–Crippen MR) is 58.0 cm³/mol. The van der Waals surface area contributed by atoms with Crippen molar-refractivity contribution in [2.75, 3.05) is 0 Å². The van der Waals surface area contributed by atoms with E-state index in [4.69, 9.17) is 5.84 Å². The van der Waals surface area contributed by atoms with E-state index in [1.54, 1.807) is 22.6 Å². The standard InChI is InChI=1S/C7H6FIN2O.ClH/c8-5-2-1-4(3-6(5)9)7(12)11-10;/h1-3H,10H2,(H,11,12);1H. The van der Waals surface area contributed by atoms with Gasteiger partial charge in [-0.2, -0.15) is 0 Å². The highest BCUT2D eigenvalue weighted by atomic mass is 127. The molecule has 0 aliphatic rings. The summed E-state index contributed by atoms with van der Waals surface area (Å²) in [5.74, 6) is 4.13. The molecule has 13 heavy (non-hydrogen) atoms. The second kappa shape index (κ2) is 5.36. The van der Waals surface area contributed by atoms with Crippen LogP contribution in [0.15, 0.2) is 18.2 Å². The molecule has 1 aromatic carbocycles. The molecule has 0 fully saturated rings. The normalized spacial score (nSPS) is 8.85. The van der Waals surface area contributed by atoms with Crippen molar-refractivity contribution in [3.05, 3.63) is 33.1 Å². The molecular weight excluding hydrogens is 309 g/mol. The average molecular weight is 317 g/mol. The molecule has 0 aliphatic carbocycles. The average Bonchev–Trinajstić information content (AvgIpc) is 2.08. The molecule has 0 saturated heterocycles. The van der Waals surface area contributed by atoms with Crippen LogP contribution in [0.1, 0.15) is 10.4 Å². The Morgan fingerprint density at radius 3 is 2.62 bits per heavy atom. The highest BCUT2D eigenvalue weighted by Gasteiger charge is 2.05. The van der Waals surface area contributed by atoms with Crippen LogP contribution in [0, 0.1) is 9.39 Å². The second-order valence-electron chi connectivity index (χ2n) is 2.10. The van der Waals surface area contributed by atoms with Crippen LogP contribution in [0.4, 0.5) is 4.39 Å². The van der Waals surface area contributed by atoms with Crippen LogP contribution >= 0.6 is 35.0 Å². The van der Waals surface area contributed by atoms with E-state index in [1.807, 2.05) is 5.43 Å². The number of carbonyl (C=O) groups is 1. The minimum absolute atomic E-state index is 0. The Hall–Kier alpha value is -0.400. The number of nitrogen functional groups attached to an aromatic ring is 1. The minimum atomic E-state index is -0.423. The van der Waals surface area contributed by atoms with Crippen molar-refractivity contribution in [3.8, 4) is 0 Å². The largest absolute Gasteiger partial charge is 0.290 e. The van der Waals surface area contributed by atoms with Crippen molar-refractivity contribution in [1.82, 2.24) is 5.43 Å². The predicted octanol–water partition coefficient (Wildman–Crippen LogP) is 1.46. The fourth-order valence-corrected chi connectivity index (χ4v) is 1.24. The number of hydrogen-bond acceptors (Lipinski definition) is 2. The van der Waals surface area contributed by atoms with Gasteiger partial charge in [-0.05, 0) is 40.8 Å². The van der Waals surface area contributed by atoms with E-state index in [9.17, 15) is 9.18 Å². The van der Waals surface area contributed by atoms with Gasteiger partial charge in [-0.1, -0.05) is 0 Å². The Morgan fingerprint density at radius 2 is 2.15 bits per heavy atom. The highest BCUT2D eigenvalue weighted by Crippen LogP contribution is 2.12. The van der Waals surface area contributed by atoms with Gasteiger partial charge in [0.25, 0.3) is 5.91 Å². The first-order chi connectivity index (χ1) is 5.65. The van der Waals surface area contributed by atoms with E-state index in [2.05, 4.69) is 0 Å². The topological polar surface area (TPSA) is 55.1 Å². The van der Waals surface area contributed by atoms with Crippen LogP contribution in [0.25, 0.3) is 0 Å². The number of hydrogen-bond donors (Lipinski definition) is 2. The smallest absolute Gasteiger partial charge is 0.265 e. The van der Waals surface area contributed by atoms with Gasteiger partial charge in [0.1, 0.15) is 5.82 Å². The van der Waals surface area contributed by atoms with Crippen molar-refractivity contribution in [2.24, 2.45) is 5.84 Å². The molecule has 3 nitrogen and oxygen atoms in total. The van der Waals surface area contributed by atoms with Gasteiger partial charge in [0.05, 0.1) is 0 Å². The van der Waals surface area contributed by atoms with Crippen molar-refractivity contribution in [3.63, 3.8) is 0 Å². The SMILES string of the molecule is Cl.NNC(=O)c1ccc(F)c(I)c1. The highest BCUT2D eigenvalue weighted by molar-refractivity contribution is 14.1. The first-order valence-electron chi connectivity index (χ1n) is 3.11. The molecule has 72 valence electrons. The van der Waals surface area contributed by atoms with E-state index in [0.717, 1.165) is 0 Å². The van der Waals surface area contributed by atoms with Gasteiger partial charge < -0.3 is 0 Å². The molecule has 1 aromatic rings. The van der Waals surface area contributed by atoms with Crippen LogP contribution in [0.5, 0.6) is 0 Å². The summed E-state index contributed by atoms with van der Waals surface area (Å²) in [5, 5.41) is 0. The molecule has 0 aliphatic heterocycles. The summed E-state index contributed by atoms with van der Waals surface area (Å²) >= 11 is 1.80. The Morgan fingerprint density at radius 1 is 1.54 bits per heavy atom. The number of nitrogens with one attached hydrogen (secondary N) is 1. The Kier molecular flexibility index (Phi) is 5.19. The fraction of sp³-hybridized carbons (Fsp3) is 0. The molecule has 0 atom stereocenters. The molecule has 6 heteroatoms. The maximum Gasteiger partial charge on any atom is 0.265 e. The monoisotopic (exact) mass is 316 g/mol. The van der Waals surface area contributed by atoms with Crippen molar-refractivity contribution in [2.45, 2.75) is 0 Å². The van der Waals surface area contributed by atoms with Gasteiger partial charge in [-0.3, -0.25) is 10.2 Å². The molecule has 1 rings (SSSR count). The second-order valence-corrected chi connectivity index (χ2v) is 3.26. The lowest BCUT2D eigenvalue weighted by molar-refractivity contribution is 0.0953. The number of halogens is 3. The maximum absolute atomic E-state index is 12.7. The van der Waals surface area contributed by atoms with Crippen LogP contribution in [-0.2, 0) is 0 Å². The quantitative estimate of drug-likeness (QED) is 0.357. The summed E-state index contributed by atoms with van der Waals surface area (Å²) in [6, 6.07) is 4.03. The lowest BCUT2D eigenvalue weighted by Gasteiger charge is -1.99. The zero-order valence-corrected chi connectivity index (χ0v) is 9.36. The summed E-state index contributed by atoms with van der Waals surface area (Å²) in [6.07, 6.45) is 0. The fourth-order valence-electron chi connectivity index (χ4n) is 0.721. The lowest BCUT2D eigenvalue weighted by Crippen LogP contribution is -2.30. The summed E-state index contributed by atoms with van der Waals surface area (Å²) in [4.78, 5) is 10.9. The Labute approximate surface area is 94.4 Å². The lowest BCUT2D eigenvalue weighted by atomic mass is 10.2. The molecular formula is C7H7ClFIN2O. The zero-order chi connectivity index (χ0) is 9.14. The van der Waals surface area contributed by atoms with Crippen LogP contribution in [0.2, 0.25) is 0 Å². The number of rotatable bonds is 1. The van der Waals surface area contributed by atoms with Gasteiger partial charge >= 0.3 is 0 Å². The summed E-state index contributed by atoms with van der Waals surface area (Å²) < 4.78 is 13.1. The number of amides is 1. The summed E-state index contributed by atoms with van der Waals surface area (Å²) in [7, 11) is 0. The van der Waals surface area contributed by atoms with Crippen LogP contribution in [0.3, 0.4) is 0 Å². The number of nitrogens with two attached hydrogens (primary N) is 1. The molecule has 1 amide bonds. The van der Waals surface area contributed by atoms with Crippen molar-refractivity contribution >= 4 is 40.9 Å². The first kappa shape index (κ1) is 12.6. The molecule has 3 N–H and O–H groups in total. The van der Waals surface area contributed by atoms with Crippen molar-refractivity contribution in [1.29, 1.82) is 0 Å². The Balaban J connectivity index is 0.00000144. The van der Waals surface area contributed by atoms with E-state index in [0.29, 0.717) is 9.13 Å². The third kappa shape index (κ3) is 3.09. The van der Waals surface area contributed by atoms with E-state index in [1.165, 1.54) is 18.2 Å². The minimum Gasteiger partial charge on any atom is -0.290 e. The van der Waals surface area contributed by atoms with E-state index >= 15 is 0 Å². The van der Waals surface area contributed by atoms with Gasteiger partial charge in [0.15, 0.2) is 0 Å². The number of benzene rings is 1. The maximum atomic E-state index is 12.7. The van der Waals surface area contributed by atoms with Gasteiger partial charge in [0, 0.05) is 9.13 Å². The molecule has 0 spiro atoms. The van der Waals surface area contributed by atoms with Gasteiger partial charge in [-0.25, -0.2) is 10.2 Å². The molecule has 0 saturated carbocycles. The van der Waals surface area contributed by atoms with Crippen LogP contribution < -0.4 is 11.3 Å². The van der Waals surface area contributed by atoms with Crippen molar-refractivity contribution < 1.29 is 9.18 Å². The van der Waals surface area contributed by atoms with Crippen LogP contribution in [-0.4, -0.2) is 5.91 Å². The molecule has 0 bridgehead atoms. The first-order valence-corrected chi connectivity index (χ1v) is 4.19. The van der Waals surface area contributed by atoms with E-state index in [-0.39, 0.29) is 18.2 Å². The number of carbonyl (C=O) groups excluding carboxylic acids is 1. The Bertz CT molecular complexity index is 321. The number of hydrazine groups is 1. The third-order valence-electron chi connectivity index (χ3n) is 1.31. The van der Waals surface area contributed by atoms with Gasteiger partial charge in [0.2, 0.25) is 0 Å². The molecule has 0 aromatic heterocycles. The molecule has 0 heterocycles. The zero-order valence-electron chi connectivity index (χ0n) is 6.38. The van der Waals surface area contributed by atoms with Gasteiger partial charge in [-0.15, -0.1) is 12.4 Å². The third-order valence-corrected chi connectivity index (χ3v) is 2.14. The molecule has 0 unspecified atom stereocenters. The summed E-state index contributed by atoms with van der Waals surface area (Å²) in [5.41, 5.74) is 2.31. The molecule has 0 radical (unpaired) electrons. The van der Waals surface area contributed by atoms with E-state index < -0.39 is 5.91 Å².